The molecule has 4 heteroatoms. The second-order valence-electron chi connectivity index (χ2n) is 6.97. The SMILES string of the molecule is CC1CCCN(c2c3c(nc4ccc(C(=O)O)cc24)CCC3)C1. The summed E-state index contributed by atoms with van der Waals surface area (Å²) in [6.45, 7) is 4.43. The maximum Gasteiger partial charge on any atom is 0.335 e. The Hall–Kier alpha value is -2.10. The van der Waals surface area contributed by atoms with E-state index in [1.165, 1.54) is 29.8 Å². The van der Waals surface area contributed by atoms with Crippen LogP contribution in [-0.2, 0) is 12.8 Å². The van der Waals surface area contributed by atoms with Crippen molar-refractivity contribution in [3.63, 3.8) is 0 Å². The summed E-state index contributed by atoms with van der Waals surface area (Å²) in [7, 11) is 0. The van der Waals surface area contributed by atoms with Crippen molar-refractivity contribution in [2.45, 2.75) is 39.0 Å². The smallest absolute Gasteiger partial charge is 0.335 e. The number of pyridine rings is 1. The number of hydrogen-bond acceptors (Lipinski definition) is 3. The van der Waals surface area contributed by atoms with Crippen LogP contribution in [0, 0.1) is 5.92 Å². The van der Waals surface area contributed by atoms with Gasteiger partial charge in [0, 0.05) is 24.2 Å². The monoisotopic (exact) mass is 310 g/mol. The fraction of sp³-hybridized carbons (Fsp3) is 0.474. The second-order valence-corrected chi connectivity index (χ2v) is 6.97. The number of fused-ring (bicyclic) bond motifs is 2. The average Bonchev–Trinajstić information content (AvgIpc) is 2.99. The minimum absolute atomic E-state index is 0.351. The molecule has 0 spiro atoms. The number of carbonyl (C=O) groups is 1. The van der Waals surface area contributed by atoms with Crippen molar-refractivity contribution in [3.8, 4) is 0 Å². The molecule has 4 rings (SSSR count). The number of hydrogen-bond donors (Lipinski definition) is 1. The largest absolute Gasteiger partial charge is 0.478 e. The summed E-state index contributed by atoms with van der Waals surface area (Å²) >= 11 is 0. The summed E-state index contributed by atoms with van der Waals surface area (Å²) in [4.78, 5) is 18.7. The lowest BCUT2D eigenvalue weighted by molar-refractivity contribution is 0.0697. The van der Waals surface area contributed by atoms with Crippen LogP contribution in [0.5, 0.6) is 0 Å². The molecule has 1 fully saturated rings. The average molecular weight is 310 g/mol. The molecule has 1 aliphatic carbocycles. The Kier molecular flexibility index (Phi) is 3.47. The van der Waals surface area contributed by atoms with Gasteiger partial charge >= 0.3 is 5.97 Å². The normalized spacial score (nSPS) is 20.7. The van der Waals surface area contributed by atoms with Crippen molar-refractivity contribution < 1.29 is 9.90 Å². The zero-order valence-electron chi connectivity index (χ0n) is 13.5. The maximum atomic E-state index is 11.4. The van der Waals surface area contributed by atoms with E-state index in [9.17, 15) is 9.90 Å². The predicted molar refractivity (Wildman–Crippen MR) is 91.3 cm³/mol. The number of carboxylic acids is 1. The Labute approximate surface area is 136 Å². The van der Waals surface area contributed by atoms with Crippen LogP contribution in [0.4, 0.5) is 5.69 Å². The summed E-state index contributed by atoms with van der Waals surface area (Å²) in [5.74, 6) is -0.183. The van der Waals surface area contributed by atoms with Gasteiger partial charge in [-0.05, 0) is 61.8 Å². The first-order chi connectivity index (χ1) is 11.1. The van der Waals surface area contributed by atoms with Crippen LogP contribution in [-0.4, -0.2) is 29.1 Å². The van der Waals surface area contributed by atoms with E-state index in [-0.39, 0.29) is 0 Å². The van der Waals surface area contributed by atoms with Gasteiger partial charge in [0.25, 0.3) is 0 Å². The van der Waals surface area contributed by atoms with Crippen LogP contribution in [0.25, 0.3) is 10.9 Å². The lowest BCUT2D eigenvalue weighted by Gasteiger charge is -2.35. The van der Waals surface area contributed by atoms with Crippen LogP contribution in [0.3, 0.4) is 0 Å². The van der Waals surface area contributed by atoms with Crippen LogP contribution >= 0.6 is 0 Å². The van der Waals surface area contributed by atoms with Crippen molar-refractivity contribution in [1.82, 2.24) is 4.98 Å². The summed E-state index contributed by atoms with van der Waals surface area (Å²) in [5, 5.41) is 10.4. The number of benzene rings is 1. The molecule has 4 nitrogen and oxygen atoms in total. The summed E-state index contributed by atoms with van der Waals surface area (Å²) in [6, 6.07) is 5.35. The highest BCUT2D eigenvalue weighted by atomic mass is 16.4. The molecule has 1 unspecified atom stereocenters. The van der Waals surface area contributed by atoms with Crippen molar-refractivity contribution in [2.75, 3.05) is 18.0 Å². The van der Waals surface area contributed by atoms with Gasteiger partial charge in [0.05, 0.1) is 16.8 Å². The first-order valence-electron chi connectivity index (χ1n) is 8.57. The summed E-state index contributed by atoms with van der Waals surface area (Å²) in [6.07, 6.45) is 5.75. The molecule has 23 heavy (non-hydrogen) atoms. The molecule has 2 heterocycles. The molecule has 1 N–H and O–H groups in total. The van der Waals surface area contributed by atoms with E-state index < -0.39 is 5.97 Å². The molecule has 1 saturated heterocycles. The van der Waals surface area contributed by atoms with Gasteiger partial charge in [-0.2, -0.15) is 0 Å². The Morgan fingerprint density at radius 2 is 2.17 bits per heavy atom. The fourth-order valence-corrected chi connectivity index (χ4v) is 4.12. The molecule has 120 valence electrons. The molecule has 0 amide bonds. The number of nitrogens with zero attached hydrogens (tertiary/aromatic N) is 2. The predicted octanol–water partition coefficient (Wildman–Crippen LogP) is 3.66. The molecule has 1 aromatic carbocycles. The minimum Gasteiger partial charge on any atom is -0.478 e. The number of anilines is 1. The summed E-state index contributed by atoms with van der Waals surface area (Å²) < 4.78 is 0. The number of carboxylic acid groups (broad SMARTS) is 1. The third kappa shape index (κ3) is 2.46. The first kappa shape index (κ1) is 14.5. The molecule has 0 saturated carbocycles. The highest BCUT2D eigenvalue weighted by molar-refractivity contribution is 5.99. The van der Waals surface area contributed by atoms with Crippen molar-refractivity contribution >= 4 is 22.6 Å². The van der Waals surface area contributed by atoms with Gasteiger partial charge in [-0.1, -0.05) is 6.92 Å². The molecular weight excluding hydrogens is 288 g/mol. The van der Waals surface area contributed by atoms with Gasteiger partial charge in [-0.3, -0.25) is 4.98 Å². The van der Waals surface area contributed by atoms with Gasteiger partial charge < -0.3 is 10.0 Å². The van der Waals surface area contributed by atoms with Gasteiger partial charge in [0.15, 0.2) is 0 Å². The van der Waals surface area contributed by atoms with Gasteiger partial charge in [-0.25, -0.2) is 4.79 Å². The number of aromatic nitrogens is 1. The highest BCUT2D eigenvalue weighted by Crippen LogP contribution is 2.38. The fourth-order valence-electron chi connectivity index (χ4n) is 4.12. The lowest BCUT2D eigenvalue weighted by Crippen LogP contribution is -2.35. The van der Waals surface area contributed by atoms with Crippen molar-refractivity contribution in [3.05, 3.63) is 35.0 Å². The number of rotatable bonds is 2. The Balaban J connectivity index is 1.94. The molecular formula is C19H22N2O2. The molecule has 2 aliphatic rings. The van der Waals surface area contributed by atoms with E-state index in [4.69, 9.17) is 4.98 Å². The number of piperidine rings is 1. The molecule has 0 bridgehead atoms. The maximum absolute atomic E-state index is 11.4. The van der Waals surface area contributed by atoms with E-state index in [1.54, 1.807) is 6.07 Å². The van der Waals surface area contributed by atoms with Crippen LogP contribution in [0.15, 0.2) is 18.2 Å². The van der Waals surface area contributed by atoms with Gasteiger partial charge in [-0.15, -0.1) is 0 Å². The zero-order valence-corrected chi connectivity index (χ0v) is 13.5. The van der Waals surface area contributed by atoms with E-state index in [0.29, 0.717) is 11.5 Å². The van der Waals surface area contributed by atoms with Gasteiger partial charge in [0.2, 0.25) is 0 Å². The third-order valence-corrected chi connectivity index (χ3v) is 5.20. The molecule has 1 aromatic heterocycles. The van der Waals surface area contributed by atoms with Gasteiger partial charge in [0.1, 0.15) is 0 Å². The van der Waals surface area contributed by atoms with E-state index in [2.05, 4.69) is 11.8 Å². The van der Waals surface area contributed by atoms with Crippen LogP contribution < -0.4 is 4.90 Å². The molecule has 2 aromatic rings. The van der Waals surface area contributed by atoms with Crippen LogP contribution in [0.1, 0.15) is 47.8 Å². The third-order valence-electron chi connectivity index (χ3n) is 5.20. The first-order valence-corrected chi connectivity index (χ1v) is 8.57. The van der Waals surface area contributed by atoms with E-state index in [0.717, 1.165) is 43.3 Å². The molecule has 1 aliphatic heterocycles. The van der Waals surface area contributed by atoms with Crippen molar-refractivity contribution in [1.29, 1.82) is 0 Å². The molecule has 0 radical (unpaired) electrons. The standard InChI is InChI=1S/C19H22N2O2/c1-12-4-3-9-21(11-12)18-14-5-2-6-16(14)20-17-8-7-13(19(22)23)10-15(17)18/h7-8,10,12H,2-6,9,11H2,1H3,(H,22,23). The van der Waals surface area contributed by atoms with E-state index in [1.807, 2.05) is 12.1 Å². The Bertz CT molecular complexity index is 785. The second kappa shape index (κ2) is 5.52. The number of aryl methyl sites for hydroxylation is 1. The van der Waals surface area contributed by atoms with Crippen LogP contribution in [0.2, 0.25) is 0 Å². The Morgan fingerprint density at radius 3 is 2.96 bits per heavy atom. The number of aromatic carboxylic acids is 1. The topological polar surface area (TPSA) is 53.4 Å². The Morgan fingerprint density at radius 1 is 1.30 bits per heavy atom. The quantitative estimate of drug-likeness (QED) is 0.920. The summed E-state index contributed by atoms with van der Waals surface area (Å²) in [5.41, 5.74) is 5.12. The molecule has 1 atom stereocenters. The zero-order chi connectivity index (χ0) is 16.0. The highest BCUT2D eigenvalue weighted by Gasteiger charge is 2.26. The van der Waals surface area contributed by atoms with Crippen molar-refractivity contribution in [2.24, 2.45) is 5.92 Å². The lowest BCUT2D eigenvalue weighted by atomic mass is 9.97. The minimum atomic E-state index is -0.870. The van der Waals surface area contributed by atoms with E-state index >= 15 is 0 Å².